The first-order valence-corrected chi connectivity index (χ1v) is 12.5. The van der Waals surface area contributed by atoms with Crippen LogP contribution >= 0.6 is 11.8 Å². The van der Waals surface area contributed by atoms with Gasteiger partial charge in [-0.3, -0.25) is 4.90 Å². The molecule has 1 fully saturated rings. The summed E-state index contributed by atoms with van der Waals surface area (Å²) in [6, 6.07) is 17.5. The lowest BCUT2D eigenvalue weighted by molar-refractivity contribution is 0.183. The molecule has 0 spiro atoms. The number of nitrogens with zero attached hydrogens (tertiary/aromatic N) is 1. The van der Waals surface area contributed by atoms with Crippen LogP contribution in [0.25, 0.3) is 10.8 Å². The van der Waals surface area contributed by atoms with Gasteiger partial charge in [0.1, 0.15) is 29.6 Å². The molecule has 1 unspecified atom stereocenters. The standard InChI is InChI=1S/C27H29NO3S/c29-22-5-11-25-20(18-22)4-10-26(21-12-17-32-19-21)27(25)31-24-8-6-23(7-9-24)30-16-15-28-13-2-1-3-14-28/h4-12,17-18,21,29H,1-3,13-16,19H2. The second kappa shape index (κ2) is 9.88. The minimum Gasteiger partial charge on any atom is -0.508 e. The zero-order valence-corrected chi connectivity index (χ0v) is 19.0. The van der Waals surface area contributed by atoms with Gasteiger partial charge in [0.2, 0.25) is 0 Å². The van der Waals surface area contributed by atoms with Crippen molar-refractivity contribution in [1.82, 2.24) is 4.90 Å². The van der Waals surface area contributed by atoms with Gasteiger partial charge >= 0.3 is 0 Å². The predicted octanol–water partition coefficient (Wildman–Crippen LogP) is 6.55. The molecule has 0 saturated carbocycles. The van der Waals surface area contributed by atoms with Gasteiger partial charge in [-0.05, 0) is 79.2 Å². The van der Waals surface area contributed by atoms with E-state index in [2.05, 4.69) is 28.5 Å². The molecule has 2 aliphatic heterocycles. The van der Waals surface area contributed by atoms with Crippen molar-refractivity contribution in [2.45, 2.75) is 25.2 Å². The van der Waals surface area contributed by atoms with Crippen molar-refractivity contribution in [2.75, 3.05) is 32.0 Å². The molecule has 1 atom stereocenters. The largest absolute Gasteiger partial charge is 0.508 e. The van der Waals surface area contributed by atoms with E-state index in [1.165, 1.54) is 37.9 Å². The van der Waals surface area contributed by atoms with Crippen LogP contribution in [-0.4, -0.2) is 42.0 Å². The fraction of sp³-hybridized carbons (Fsp3) is 0.333. The average molecular weight is 448 g/mol. The number of rotatable bonds is 7. The Kier molecular flexibility index (Phi) is 6.56. The first kappa shape index (κ1) is 21.2. The summed E-state index contributed by atoms with van der Waals surface area (Å²) in [6.45, 7) is 4.08. The van der Waals surface area contributed by atoms with E-state index in [1.54, 1.807) is 12.1 Å². The molecule has 0 aromatic heterocycles. The number of benzene rings is 3. The quantitative estimate of drug-likeness (QED) is 0.445. The molecule has 1 N–H and O–H groups in total. The number of aromatic hydroxyl groups is 1. The van der Waals surface area contributed by atoms with Crippen molar-refractivity contribution < 1.29 is 14.6 Å². The van der Waals surface area contributed by atoms with Crippen molar-refractivity contribution in [3.63, 3.8) is 0 Å². The Labute approximate surface area is 193 Å². The van der Waals surface area contributed by atoms with E-state index < -0.39 is 0 Å². The van der Waals surface area contributed by atoms with Crippen molar-refractivity contribution in [2.24, 2.45) is 0 Å². The summed E-state index contributed by atoms with van der Waals surface area (Å²) >= 11 is 1.82. The van der Waals surface area contributed by atoms with Crippen molar-refractivity contribution in [3.05, 3.63) is 71.6 Å². The van der Waals surface area contributed by atoms with Crippen LogP contribution in [0, 0.1) is 0 Å². The number of fused-ring (bicyclic) bond motifs is 1. The zero-order valence-electron chi connectivity index (χ0n) is 18.2. The summed E-state index contributed by atoms with van der Waals surface area (Å²) in [5.41, 5.74) is 1.17. The Morgan fingerprint density at radius 3 is 2.53 bits per heavy atom. The van der Waals surface area contributed by atoms with Crippen LogP contribution in [0.4, 0.5) is 0 Å². The lowest BCUT2D eigenvalue weighted by Crippen LogP contribution is -2.33. The lowest BCUT2D eigenvalue weighted by atomic mass is 9.96. The van der Waals surface area contributed by atoms with E-state index in [4.69, 9.17) is 9.47 Å². The molecular formula is C27H29NO3S. The Bertz CT molecular complexity index is 1090. The summed E-state index contributed by atoms with van der Waals surface area (Å²) in [5.74, 6) is 4.11. The molecule has 2 heterocycles. The van der Waals surface area contributed by atoms with Crippen molar-refractivity contribution in [1.29, 1.82) is 0 Å². The Morgan fingerprint density at radius 2 is 1.75 bits per heavy atom. The highest BCUT2D eigenvalue weighted by molar-refractivity contribution is 8.02. The van der Waals surface area contributed by atoms with E-state index in [9.17, 15) is 5.11 Å². The van der Waals surface area contributed by atoms with E-state index in [0.29, 0.717) is 12.5 Å². The first-order valence-electron chi connectivity index (χ1n) is 11.4. The molecule has 3 aromatic rings. The first-order chi connectivity index (χ1) is 15.8. The minimum atomic E-state index is 0.263. The third-order valence-corrected chi connectivity index (χ3v) is 7.14. The van der Waals surface area contributed by atoms with Crippen LogP contribution in [0.1, 0.15) is 30.7 Å². The van der Waals surface area contributed by atoms with Crippen LogP contribution in [0.15, 0.2) is 66.1 Å². The van der Waals surface area contributed by atoms with Gasteiger partial charge in [-0.2, -0.15) is 0 Å². The number of thioether (sulfide) groups is 1. The van der Waals surface area contributed by atoms with E-state index >= 15 is 0 Å². The molecule has 0 bridgehead atoms. The van der Waals surface area contributed by atoms with Crippen LogP contribution in [0.2, 0.25) is 0 Å². The Hall–Kier alpha value is -2.63. The number of phenolic OH excluding ortho intramolecular Hbond substituents is 1. The van der Waals surface area contributed by atoms with Crippen LogP contribution in [-0.2, 0) is 0 Å². The van der Waals surface area contributed by atoms with Crippen molar-refractivity contribution >= 4 is 22.5 Å². The SMILES string of the molecule is Oc1ccc2c(Oc3ccc(OCCN4CCCCC4)cc3)c(C3C=CSC3)ccc2c1. The molecule has 0 radical (unpaired) electrons. The van der Waals surface area contributed by atoms with Gasteiger partial charge in [-0.25, -0.2) is 0 Å². The Balaban J connectivity index is 1.32. The van der Waals surface area contributed by atoms with Gasteiger partial charge < -0.3 is 14.6 Å². The summed E-state index contributed by atoms with van der Waals surface area (Å²) in [4.78, 5) is 2.48. The summed E-state index contributed by atoms with van der Waals surface area (Å²) in [7, 11) is 0. The molecule has 3 aromatic carbocycles. The molecule has 166 valence electrons. The summed E-state index contributed by atoms with van der Waals surface area (Å²) in [5, 5.41) is 14.0. The third-order valence-electron chi connectivity index (χ3n) is 6.24. The topological polar surface area (TPSA) is 41.9 Å². The second-order valence-corrected chi connectivity index (χ2v) is 9.42. The number of piperidine rings is 1. The number of phenols is 1. The molecule has 5 rings (SSSR count). The number of hydrogen-bond acceptors (Lipinski definition) is 5. The lowest BCUT2D eigenvalue weighted by Gasteiger charge is -2.26. The normalized spacial score (nSPS) is 18.8. The van der Waals surface area contributed by atoms with Crippen LogP contribution in [0.5, 0.6) is 23.0 Å². The van der Waals surface area contributed by atoms with E-state index in [1.807, 2.05) is 42.1 Å². The fourth-order valence-electron chi connectivity index (χ4n) is 4.47. The van der Waals surface area contributed by atoms with Crippen molar-refractivity contribution in [3.8, 4) is 23.0 Å². The monoisotopic (exact) mass is 447 g/mol. The molecule has 1 saturated heterocycles. The molecule has 0 aliphatic carbocycles. The number of hydrogen-bond donors (Lipinski definition) is 1. The van der Waals surface area contributed by atoms with Gasteiger partial charge in [0.25, 0.3) is 0 Å². The third kappa shape index (κ3) is 4.89. The molecule has 5 heteroatoms. The van der Waals surface area contributed by atoms with Crippen LogP contribution < -0.4 is 9.47 Å². The van der Waals surface area contributed by atoms with E-state index in [0.717, 1.165) is 40.3 Å². The maximum Gasteiger partial charge on any atom is 0.139 e. The fourth-order valence-corrected chi connectivity index (χ4v) is 5.38. The Morgan fingerprint density at radius 1 is 0.938 bits per heavy atom. The maximum absolute atomic E-state index is 9.90. The van der Waals surface area contributed by atoms with Gasteiger partial charge in [-0.15, -0.1) is 11.8 Å². The van der Waals surface area contributed by atoms with E-state index in [-0.39, 0.29) is 5.75 Å². The molecule has 2 aliphatic rings. The molecular weight excluding hydrogens is 418 g/mol. The smallest absolute Gasteiger partial charge is 0.139 e. The summed E-state index contributed by atoms with van der Waals surface area (Å²) < 4.78 is 12.4. The van der Waals surface area contributed by atoms with Gasteiger partial charge in [0.15, 0.2) is 0 Å². The predicted molar refractivity (Wildman–Crippen MR) is 132 cm³/mol. The van der Waals surface area contributed by atoms with Gasteiger partial charge in [0.05, 0.1) is 0 Å². The molecule has 32 heavy (non-hydrogen) atoms. The second-order valence-electron chi connectivity index (χ2n) is 8.48. The van der Waals surface area contributed by atoms with Crippen LogP contribution in [0.3, 0.4) is 0 Å². The number of likely N-dealkylation sites (tertiary alicyclic amines) is 1. The zero-order chi connectivity index (χ0) is 21.8. The molecule has 0 amide bonds. The highest BCUT2D eigenvalue weighted by atomic mass is 32.2. The number of allylic oxidation sites excluding steroid dienone is 1. The average Bonchev–Trinajstić information content (AvgIpc) is 3.36. The van der Waals surface area contributed by atoms with Gasteiger partial charge in [-0.1, -0.05) is 24.6 Å². The maximum atomic E-state index is 9.90. The molecule has 4 nitrogen and oxygen atoms in total. The highest BCUT2D eigenvalue weighted by Gasteiger charge is 2.20. The number of ether oxygens (including phenoxy) is 2. The highest BCUT2D eigenvalue weighted by Crippen LogP contribution is 2.42. The summed E-state index contributed by atoms with van der Waals surface area (Å²) in [6.07, 6.45) is 6.20. The van der Waals surface area contributed by atoms with Gasteiger partial charge in [0, 0.05) is 29.2 Å². The minimum absolute atomic E-state index is 0.263.